The van der Waals surface area contributed by atoms with E-state index in [1.807, 2.05) is 55.4 Å². The predicted octanol–water partition coefficient (Wildman–Crippen LogP) is 14.3. The second-order valence-corrected chi connectivity index (χ2v) is 17.5. The molecule has 0 aliphatic heterocycles. The topological polar surface area (TPSA) is 40.5 Å². The smallest absolute Gasteiger partial charge is 0.0602 e. The maximum absolute atomic E-state index is 10.3. The molecule has 60 heavy (non-hydrogen) atoms. The molecular formula is C48H92Ar9O2W. The molecule has 9 aliphatic rings. The molecule has 2 nitrogen and oxygen atoms in total. The van der Waals surface area contributed by atoms with Crippen LogP contribution >= 0.6 is 0 Å². The summed E-state index contributed by atoms with van der Waals surface area (Å²) < 4.78 is 0. The minimum atomic E-state index is 0. The zero-order chi connectivity index (χ0) is 36.6. The number of aliphatic hydroxyl groups excluding tert-OH is 2. The first-order valence-electron chi connectivity index (χ1n) is 24.0. The molecule has 0 aromatic carbocycles. The van der Waals surface area contributed by atoms with Crippen molar-refractivity contribution in [1.29, 1.82) is 0 Å². The van der Waals surface area contributed by atoms with Crippen LogP contribution in [0.4, 0.5) is 0 Å². The molecule has 0 aromatic rings. The number of hydrogen-bond donors (Lipinski definition) is 2. The molecule has 12 unspecified atom stereocenters. The Balaban J connectivity index is -0.0000000964. The van der Waals surface area contributed by atoms with Gasteiger partial charge in [0.2, 0.25) is 0 Å². The van der Waals surface area contributed by atoms with Gasteiger partial charge in [0, 0.05) is 361 Å². The summed E-state index contributed by atoms with van der Waals surface area (Å²) in [5.41, 5.74) is 0. The number of fused-ring (bicyclic) bond motifs is 9. The fraction of sp³-hybridized carbons (Fsp3) is 1.00. The summed E-state index contributed by atoms with van der Waals surface area (Å²) in [6.07, 6.45) is 34.7. The number of aliphatic hydroxyl groups is 2. The Bertz CT molecular complexity index is 723. The summed E-state index contributed by atoms with van der Waals surface area (Å²) >= 11 is 0. The van der Waals surface area contributed by atoms with Gasteiger partial charge in [0.15, 0.2) is 0 Å². The standard InChI is InChI=1S/C14H24.2C13H22O.4C2H6.9Ar.W/c1-10-11-6-2-4-8-13(11)14-9-5-3-7-12(10)14;2*14-13-11-7-3-1-5-9(11)10-6-2-4-8-12(10)13;4*1-2;;;;;;;;;;/h10-14H,2-9H2,1H3;2*9-14H,1-8H2;4*1-2H3;;;;;;;;;;. The van der Waals surface area contributed by atoms with Crippen LogP contribution in [-0.4, -0.2) is 22.4 Å². The van der Waals surface area contributed by atoms with E-state index >= 15 is 0 Å². The van der Waals surface area contributed by atoms with E-state index in [9.17, 15) is 10.2 Å². The SMILES string of the molecule is CC.CC.CC.CC.CC1C2CCCCC2C2CCCCC12.OC1C2CCCCC2C2CCCCC12.OC1C2CCCCC2C2CCCCC12.[Ar].[Ar].[Ar].[Ar].[Ar].[Ar].[Ar].[Ar].[Ar].[W]. The van der Waals surface area contributed by atoms with Gasteiger partial charge >= 0.3 is 0 Å². The van der Waals surface area contributed by atoms with Crippen molar-refractivity contribution in [2.45, 2.75) is 229 Å². The summed E-state index contributed by atoms with van der Waals surface area (Å²) in [5, 5.41) is 20.6. The molecule has 374 valence electrons. The van der Waals surface area contributed by atoms with Gasteiger partial charge in [-0.05, 0) is 154 Å². The van der Waals surface area contributed by atoms with Crippen molar-refractivity contribution >= 4 is 0 Å². The first kappa shape index (κ1) is 88.6. The van der Waals surface area contributed by atoms with Crippen molar-refractivity contribution in [3.8, 4) is 0 Å². The molecule has 9 fully saturated rings. The molecule has 0 radical (unpaired) electrons. The first-order valence-corrected chi connectivity index (χ1v) is 24.0. The Morgan fingerprint density at radius 1 is 0.233 bits per heavy atom. The van der Waals surface area contributed by atoms with Gasteiger partial charge in [0.1, 0.15) is 0 Å². The molecule has 0 amide bonds. The minimum Gasteiger partial charge on any atom is -0.393 e. The summed E-state index contributed by atoms with van der Waals surface area (Å²) in [6.45, 7) is 18.6. The Hall–Kier alpha value is 11.9. The van der Waals surface area contributed by atoms with E-state index in [2.05, 4.69) is 6.92 Å². The van der Waals surface area contributed by atoms with Crippen molar-refractivity contribution in [2.24, 2.45) is 76.9 Å². The molecule has 12 heteroatoms. The fourth-order valence-corrected chi connectivity index (χ4v) is 14.3. The Morgan fingerprint density at radius 3 is 0.517 bits per heavy atom. The van der Waals surface area contributed by atoms with E-state index in [1.165, 1.54) is 128 Å². The molecule has 0 bridgehead atoms. The van der Waals surface area contributed by atoms with Gasteiger partial charge < -0.3 is 10.2 Å². The van der Waals surface area contributed by atoms with E-state index < -0.39 is 0 Å². The largest absolute Gasteiger partial charge is 0.393 e. The van der Waals surface area contributed by atoms with E-state index in [0.717, 1.165) is 53.3 Å². The van der Waals surface area contributed by atoms with E-state index in [-0.39, 0.29) is 373 Å². The van der Waals surface area contributed by atoms with Crippen LogP contribution in [0, 0.1) is 417 Å². The Labute approximate surface area is 660 Å². The molecule has 0 heterocycles. The summed E-state index contributed by atoms with van der Waals surface area (Å²) in [6, 6.07) is 0. The number of hydrogen-bond acceptors (Lipinski definition) is 2. The van der Waals surface area contributed by atoms with Gasteiger partial charge in [-0.2, -0.15) is 0 Å². The van der Waals surface area contributed by atoms with Crippen LogP contribution in [0.2, 0.25) is 0 Å². The monoisotopic (exact) mass is 1240 g/mol. The van der Waals surface area contributed by atoms with Crippen molar-refractivity contribution in [3.63, 3.8) is 0 Å². The zero-order valence-corrected chi connectivity index (χ0v) is 48.4. The third-order valence-electron chi connectivity index (χ3n) is 16.0. The quantitative estimate of drug-likeness (QED) is 0.254. The van der Waals surface area contributed by atoms with Crippen LogP contribution in [0.25, 0.3) is 0 Å². The van der Waals surface area contributed by atoms with Gasteiger partial charge in [0.25, 0.3) is 0 Å². The van der Waals surface area contributed by atoms with E-state index in [1.54, 1.807) is 25.7 Å². The summed E-state index contributed by atoms with van der Waals surface area (Å²) in [7, 11) is 0. The summed E-state index contributed by atoms with van der Waals surface area (Å²) in [4.78, 5) is 0. The first-order chi connectivity index (χ1) is 24.6. The zero-order valence-electron chi connectivity index (χ0n) is 39.1. The van der Waals surface area contributed by atoms with Crippen LogP contribution < -0.4 is 0 Å². The van der Waals surface area contributed by atoms with Gasteiger partial charge in [-0.3, -0.25) is 0 Å². The predicted molar refractivity (Wildman–Crippen MR) is 219 cm³/mol. The fourth-order valence-electron chi connectivity index (χ4n) is 14.3. The molecular weight excluding hydrogens is 1150 g/mol. The van der Waals surface area contributed by atoms with E-state index in [0.29, 0.717) is 23.7 Å². The Morgan fingerprint density at radius 2 is 0.350 bits per heavy atom. The summed E-state index contributed by atoms with van der Waals surface area (Å²) in [5.74, 6) is 12.1. The Kier molecular flexibility index (Phi) is 78.2. The van der Waals surface area contributed by atoms with Crippen LogP contribution in [0.1, 0.15) is 216 Å². The van der Waals surface area contributed by atoms with Crippen LogP contribution in [0.15, 0.2) is 0 Å². The van der Waals surface area contributed by atoms with Gasteiger partial charge in [0.05, 0.1) is 12.2 Å². The molecule has 0 saturated heterocycles. The maximum atomic E-state index is 10.3. The second kappa shape index (κ2) is 53.0. The van der Waals surface area contributed by atoms with Crippen molar-refractivity contribution in [2.75, 3.05) is 0 Å². The van der Waals surface area contributed by atoms with Gasteiger partial charge in [-0.1, -0.05) is 139 Å². The van der Waals surface area contributed by atoms with Crippen molar-refractivity contribution in [3.05, 3.63) is 0 Å². The molecule has 9 saturated carbocycles. The number of rotatable bonds is 0. The van der Waals surface area contributed by atoms with Crippen LogP contribution in [-0.2, 0) is 21.1 Å². The average molecular weight is 1240 g/mol. The van der Waals surface area contributed by atoms with Crippen LogP contribution in [0.3, 0.4) is 0 Å². The minimum absolute atomic E-state index is 0. The van der Waals surface area contributed by atoms with Crippen molar-refractivity contribution in [1.82, 2.24) is 0 Å². The van der Waals surface area contributed by atoms with Gasteiger partial charge in [-0.25, -0.2) is 0 Å². The normalized spacial score (nSPS) is 37.1. The van der Waals surface area contributed by atoms with Crippen molar-refractivity contribution < 1.29 is 371 Å². The molecule has 2 N–H and O–H groups in total. The molecule has 0 spiro atoms. The average Bonchev–Trinajstić information content (AvgIpc) is 3.80. The second-order valence-electron chi connectivity index (χ2n) is 17.5. The third kappa shape index (κ3) is 25.6. The molecule has 0 aromatic heterocycles. The van der Waals surface area contributed by atoms with E-state index in [4.69, 9.17) is 0 Å². The van der Waals surface area contributed by atoms with Crippen LogP contribution in [0.5, 0.6) is 0 Å². The molecule has 9 aliphatic carbocycles. The maximum Gasteiger partial charge on any atom is 0.0602 e. The molecule has 9 rings (SSSR count). The molecule has 12 atom stereocenters. The van der Waals surface area contributed by atoms with Gasteiger partial charge in [-0.15, -0.1) is 0 Å². The third-order valence-corrected chi connectivity index (χ3v) is 16.0.